The first-order valence-electron chi connectivity index (χ1n) is 7.80. The van der Waals surface area contributed by atoms with Crippen LogP contribution in [-0.2, 0) is 4.79 Å². The van der Waals surface area contributed by atoms with Crippen molar-refractivity contribution in [1.29, 1.82) is 0 Å². The van der Waals surface area contributed by atoms with Crippen LogP contribution in [0, 0.1) is 6.92 Å². The lowest BCUT2D eigenvalue weighted by molar-refractivity contribution is -0.133. The van der Waals surface area contributed by atoms with Crippen LogP contribution in [0.1, 0.15) is 29.9 Å². The zero-order chi connectivity index (χ0) is 17.5. The number of carbonyl (C=O) groups excluding carboxylic acids is 2. The predicted octanol–water partition coefficient (Wildman–Crippen LogP) is 0.825. The van der Waals surface area contributed by atoms with Gasteiger partial charge in [0.15, 0.2) is 0 Å². The van der Waals surface area contributed by atoms with Crippen LogP contribution in [0.5, 0.6) is 0 Å². The summed E-state index contributed by atoms with van der Waals surface area (Å²) in [6.45, 7) is 6.13. The first-order valence-corrected chi connectivity index (χ1v) is 7.80. The van der Waals surface area contributed by atoms with Crippen molar-refractivity contribution in [3.05, 3.63) is 51.9 Å². The molecule has 7 nitrogen and oxygen atoms in total. The molecule has 2 aromatic rings. The average Bonchev–Trinajstić information content (AvgIpc) is 2.92. The van der Waals surface area contributed by atoms with Crippen molar-refractivity contribution < 1.29 is 9.59 Å². The molecule has 24 heavy (non-hydrogen) atoms. The van der Waals surface area contributed by atoms with Gasteiger partial charge >= 0.3 is 0 Å². The molecule has 7 heteroatoms. The number of nitrogens with one attached hydrogen (secondary N) is 2. The van der Waals surface area contributed by atoms with Gasteiger partial charge in [-0.1, -0.05) is 17.7 Å². The number of hydrogen-bond donors (Lipinski definition) is 2. The number of aromatic nitrogens is 2. The maximum absolute atomic E-state index is 12.8. The largest absolute Gasteiger partial charge is 0.352 e. The zero-order valence-corrected chi connectivity index (χ0v) is 13.9. The predicted molar refractivity (Wildman–Crippen MR) is 89.3 cm³/mol. The molecule has 1 saturated heterocycles. The SMILES string of the molecule is Cc1ccc(-n2[nH]c(C(=O)N3CCNC(=O)C3(C)C)cc2=O)cc1. The molecule has 1 aromatic heterocycles. The summed E-state index contributed by atoms with van der Waals surface area (Å²) in [7, 11) is 0. The monoisotopic (exact) mass is 328 g/mol. The van der Waals surface area contributed by atoms with Crippen LogP contribution < -0.4 is 10.9 Å². The van der Waals surface area contributed by atoms with Crippen LogP contribution in [-0.4, -0.2) is 45.1 Å². The van der Waals surface area contributed by atoms with Crippen molar-refractivity contribution in [1.82, 2.24) is 20.0 Å². The molecule has 1 aromatic carbocycles. The van der Waals surface area contributed by atoms with Gasteiger partial charge in [-0.3, -0.25) is 19.5 Å². The summed E-state index contributed by atoms with van der Waals surface area (Å²) in [5.41, 5.74) is 0.624. The van der Waals surface area contributed by atoms with Gasteiger partial charge in [-0.2, -0.15) is 0 Å². The van der Waals surface area contributed by atoms with Crippen LogP contribution in [0.3, 0.4) is 0 Å². The highest BCUT2D eigenvalue weighted by Crippen LogP contribution is 2.20. The highest BCUT2D eigenvalue weighted by molar-refractivity contribution is 5.98. The summed E-state index contributed by atoms with van der Waals surface area (Å²) in [6, 6.07) is 8.66. The van der Waals surface area contributed by atoms with E-state index in [2.05, 4.69) is 10.4 Å². The molecule has 0 aliphatic carbocycles. The van der Waals surface area contributed by atoms with Crippen LogP contribution in [0.2, 0.25) is 0 Å². The zero-order valence-electron chi connectivity index (χ0n) is 13.9. The fraction of sp³-hybridized carbons (Fsp3) is 0.353. The number of piperazine rings is 1. The Labute approximate surface area is 139 Å². The number of aryl methyl sites for hydroxylation is 1. The van der Waals surface area contributed by atoms with Gasteiger partial charge in [0.1, 0.15) is 11.2 Å². The summed E-state index contributed by atoms with van der Waals surface area (Å²) in [4.78, 5) is 38.5. The highest BCUT2D eigenvalue weighted by Gasteiger charge is 2.41. The third-order valence-electron chi connectivity index (χ3n) is 4.34. The van der Waals surface area contributed by atoms with Crippen molar-refractivity contribution >= 4 is 11.8 Å². The molecule has 2 amide bonds. The lowest BCUT2D eigenvalue weighted by atomic mass is 9.98. The van der Waals surface area contributed by atoms with E-state index in [-0.39, 0.29) is 23.1 Å². The molecule has 2 heterocycles. The first-order chi connectivity index (χ1) is 11.3. The average molecular weight is 328 g/mol. The normalized spacial score (nSPS) is 16.8. The van der Waals surface area contributed by atoms with Crippen LogP contribution in [0.4, 0.5) is 0 Å². The molecule has 1 aliphatic rings. The number of aromatic amines is 1. The smallest absolute Gasteiger partial charge is 0.272 e. The lowest BCUT2D eigenvalue weighted by Crippen LogP contribution is -2.63. The first kappa shape index (κ1) is 16.0. The number of H-pyrrole nitrogens is 1. The number of amides is 2. The van der Waals surface area contributed by atoms with Gasteiger partial charge in [-0.15, -0.1) is 0 Å². The van der Waals surface area contributed by atoms with E-state index in [1.54, 1.807) is 26.0 Å². The van der Waals surface area contributed by atoms with Crippen molar-refractivity contribution in [2.75, 3.05) is 13.1 Å². The van der Waals surface area contributed by atoms with E-state index in [1.807, 2.05) is 19.1 Å². The molecular weight excluding hydrogens is 308 g/mol. The molecule has 0 atom stereocenters. The Morgan fingerprint density at radius 1 is 1.17 bits per heavy atom. The Balaban J connectivity index is 1.95. The third kappa shape index (κ3) is 2.62. The van der Waals surface area contributed by atoms with E-state index in [4.69, 9.17) is 0 Å². The van der Waals surface area contributed by atoms with Crippen molar-refractivity contribution in [3.63, 3.8) is 0 Å². The number of nitrogens with zero attached hydrogens (tertiary/aromatic N) is 2. The second-order valence-corrected chi connectivity index (χ2v) is 6.45. The van der Waals surface area contributed by atoms with E-state index in [1.165, 1.54) is 15.6 Å². The molecule has 0 spiro atoms. The summed E-state index contributed by atoms with van der Waals surface area (Å²) in [6.07, 6.45) is 0. The van der Waals surface area contributed by atoms with E-state index < -0.39 is 5.54 Å². The molecule has 1 fully saturated rings. The maximum atomic E-state index is 12.8. The van der Waals surface area contributed by atoms with Gasteiger partial charge in [0.2, 0.25) is 5.91 Å². The molecule has 126 valence electrons. The minimum atomic E-state index is -0.960. The molecule has 0 bridgehead atoms. The second kappa shape index (κ2) is 5.67. The van der Waals surface area contributed by atoms with E-state index in [9.17, 15) is 14.4 Å². The summed E-state index contributed by atoms with van der Waals surface area (Å²) in [5.74, 6) is -0.569. The Morgan fingerprint density at radius 3 is 2.50 bits per heavy atom. The Bertz CT molecular complexity index is 845. The molecule has 3 rings (SSSR count). The van der Waals surface area contributed by atoms with Gasteiger partial charge in [0.05, 0.1) is 5.69 Å². The molecule has 0 radical (unpaired) electrons. The number of carbonyl (C=O) groups is 2. The number of hydrogen-bond acceptors (Lipinski definition) is 3. The second-order valence-electron chi connectivity index (χ2n) is 6.45. The Kier molecular flexibility index (Phi) is 3.79. The fourth-order valence-electron chi connectivity index (χ4n) is 2.79. The van der Waals surface area contributed by atoms with Crippen LogP contribution >= 0.6 is 0 Å². The number of rotatable bonds is 2. The topological polar surface area (TPSA) is 87.2 Å². The lowest BCUT2D eigenvalue weighted by Gasteiger charge is -2.40. The van der Waals surface area contributed by atoms with E-state index in [0.29, 0.717) is 18.8 Å². The van der Waals surface area contributed by atoms with Gasteiger partial charge in [-0.05, 0) is 32.9 Å². The quantitative estimate of drug-likeness (QED) is 0.856. The minimum absolute atomic E-state index is 0.170. The Hall–Kier alpha value is -2.83. The van der Waals surface area contributed by atoms with Crippen molar-refractivity contribution in [3.8, 4) is 5.69 Å². The van der Waals surface area contributed by atoms with Crippen molar-refractivity contribution in [2.24, 2.45) is 0 Å². The molecule has 2 N–H and O–H groups in total. The summed E-state index contributed by atoms with van der Waals surface area (Å²) >= 11 is 0. The van der Waals surface area contributed by atoms with Crippen molar-refractivity contribution in [2.45, 2.75) is 26.3 Å². The number of benzene rings is 1. The third-order valence-corrected chi connectivity index (χ3v) is 4.34. The Morgan fingerprint density at radius 2 is 1.83 bits per heavy atom. The van der Waals surface area contributed by atoms with Crippen LogP contribution in [0.25, 0.3) is 5.69 Å². The summed E-state index contributed by atoms with van der Waals surface area (Å²) < 4.78 is 1.32. The van der Waals surface area contributed by atoms with Gasteiger partial charge in [0.25, 0.3) is 11.5 Å². The minimum Gasteiger partial charge on any atom is -0.352 e. The summed E-state index contributed by atoms with van der Waals surface area (Å²) in [5, 5.41) is 5.59. The molecule has 0 unspecified atom stereocenters. The van der Waals surface area contributed by atoms with E-state index >= 15 is 0 Å². The van der Waals surface area contributed by atoms with Gasteiger partial charge in [0, 0.05) is 19.2 Å². The van der Waals surface area contributed by atoms with Crippen LogP contribution in [0.15, 0.2) is 35.1 Å². The highest BCUT2D eigenvalue weighted by atomic mass is 16.2. The van der Waals surface area contributed by atoms with E-state index in [0.717, 1.165) is 5.56 Å². The fourth-order valence-corrected chi connectivity index (χ4v) is 2.79. The molecule has 1 aliphatic heterocycles. The maximum Gasteiger partial charge on any atom is 0.272 e. The molecular formula is C17H20N4O3. The van der Waals surface area contributed by atoms with Gasteiger partial charge < -0.3 is 10.2 Å². The van der Waals surface area contributed by atoms with Gasteiger partial charge in [-0.25, -0.2) is 4.68 Å². The standard InChI is InChI=1S/C17H20N4O3/c1-11-4-6-12(7-5-11)21-14(22)10-13(19-21)15(23)20-9-8-18-16(24)17(20,2)3/h4-7,10,19H,8-9H2,1-3H3,(H,18,24). The molecule has 0 saturated carbocycles.